The molecule has 0 saturated carbocycles. The van der Waals surface area contributed by atoms with Gasteiger partial charge in [-0.25, -0.2) is 4.68 Å². The number of carbonyl (C=O) groups excluding carboxylic acids is 1. The van der Waals surface area contributed by atoms with E-state index in [-0.39, 0.29) is 17.2 Å². The number of aromatic nitrogens is 2. The fourth-order valence-electron chi connectivity index (χ4n) is 2.74. The summed E-state index contributed by atoms with van der Waals surface area (Å²) in [5, 5.41) is 17.4. The summed E-state index contributed by atoms with van der Waals surface area (Å²) in [5.41, 5.74) is 2.21. The Morgan fingerprint density at radius 2 is 1.92 bits per heavy atom. The van der Waals surface area contributed by atoms with Gasteiger partial charge in [-0.2, -0.15) is 5.10 Å². The Kier molecular flexibility index (Phi) is 5.44. The van der Waals surface area contributed by atoms with E-state index in [4.69, 9.17) is 0 Å². The molecule has 130 valence electrons. The number of rotatable bonds is 6. The van der Waals surface area contributed by atoms with E-state index in [1.807, 2.05) is 52.9 Å². The molecule has 1 heterocycles. The van der Waals surface area contributed by atoms with Crippen LogP contribution in [0.4, 0.5) is 0 Å². The standard InChI is InChI=1S/C19H27N3O2/c1-13(2)17(23)19(4,5)12-20-18(24)15-6-8-16(9-7-15)22-11-14(3)10-21-22/h6-11,13,17,23H,12H2,1-5H3,(H,20,24). The average Bonchev–Trinajstić information content (AvgIpc) is 2.98. The lowest BCUT2D eigenvalue weighted by Gasteiger charge is -2.33. The highest BCUT2D eigenvalue weighted by atomic mass is 16.3. The van der Waals surface area contributed by atoms with Gasteiger partial charge in [0.05, 0.1) is 18.0 Å². The molecule has 1 aromatic carbocycles. The quantitative estimate of drug-likeness (QED) is 0.856. The van der Waals surface area contributed by atoms with Gasteiger partial charge in [-0.05, 0) is 42.7 Å². The van der Waals surface area contributed by atoms with E-state index in [1.165, 1.54) is 0 Å². The summed E-state index contributed by atoms with van der Waals surface area (Å²) in [5.74, 6) is 0.0101. The van der Waals surface area contributed by atoms with Gasteiger partial charge in [-0.1, -0.05) is 27.7 Å². The number of aliphatic hydroxyl groups excluding tert-OH is 1. The Bertz CT molecular complexity index is 687. The molecule has 0 aliphatic heterocycles. The maximum absolute atomic E-state index is 12.3. The zero-order valence-corrected chi connectivity index (χ0v) is 15.1. The highest BCUT2D eigenvalue weighted by molar-refractivity contribution is 5.94. The molecule has 0 spiro atoms. The fraction of sp³-hybridized carbons (Fsp3) is 0.474. The number of carbonyl (C=O) groups is 1. The Morgan fingerprint density at radius 1 is 1.29 bits per heavy atom. The van der Waals surface area contributed by atoms with Crippen LogP contribution in [-0.2, 0) is 0 Å². The molecular weight excluding hydrogens is 302 g/mol. The van der Waals surface area contributed by atoms with Crippen LogP contribution in [0.2, 0.25) is 0 Å². The maximum atomic E-state index is 12.3. The molecule has 5 heteroatoms. The number of amides is 1. The van der Waals surface area contributed by atoms with Gasteiger partial charge in [-0.3, -0.25) is 4.79 Å². The van der Waals surface area contributed by atoms with Crippen molar-refractivity contribution in [2.24, 2.45) is 11.3 Å². The molecule has 0 saturated heterocycles. The third-order valence-corrected chi connectivity index (χ3v) is 4.24. The molecule has 0 aliphatic rings. The summed E-state index contributed by atoms with van der Waals surface area (Å²) in [4.78, 5) is 12.3. The van der Waals surface area contributed by atoms with Crippen molar-refractivity contribution in [2.45, 2.75) is 40.7 Å². The number of nitrogens with zero attached hydrogens (tertiary/aromatic N) is 2. The predicted octanol–water partition coefficient (Wildman–Crippen LogP) is 2.95. The van der Waals surface area contributed by atoms with Crippen molar-refractivity contribution >= 4 is 5.91 Å². The van der Waals surface area contributed by atoms with Gasteiger partial charge in [-0.15, -0.1) is 0 Å². The van der Waals surface area contributed by atoms with Crippen molar-refractivity contribution in [3.63, 3.8) is 0 Å². The molecule has 2 N–H and O–H groups in total. The third-order valence-electron chi connectivity index (χ3n) is 4.24. The summed E-state index contributed by atoms with van der Waals surface area (Å²) in [6, 6.07) is 7.31. The minimum absolute atomic E-state index is 0.137. The first-order valence-corrected chi connectivity index (χ1v) is 8.28. The van der Waals surface area contributed by atoms with Crippen LogP contribution in [0.25, 0.3) is 5.69 Å². The maximum Gasteiger partial charge on any atom is 0.251 e. The Morgan fingerprint density at radius 3 is 2.42 bits per heavy atom. The van der Waals surface area contributed by atoms with E-state index in [0.717, 1.165) is 11.3 Å². The first kappa shape index (κ1) is 18.2. The summed E-state index contributed by atoms with van der Waals surface area (Å²) in [6.07, 6.45) is 3.26. The molecule has 2 aromatic rings. The molecule has 0 bridgehead atoms. The summed E-state index contributed by atoms with van der Waals surface area (Å²) in [7, 11) is 0. The smallest absolute Gasteiger partial charge is 0.251 e. The van der Waals surface area contributed by atoms with Crippen molar-refractivity contribution in [3.8, 4) is 5.69 Å². The SMILES string of the molecule is Cc1cnn(-c2ccc(C(=O)NCC(C)(C)C(O)C(C)C)cc2)c1. The van der Waals surface area contributed by atoms with E-state index < -0.39 is 6.10 Å². The number of aliphatic hydroxyl groups is 1. The van der Waals surface area contributed by atoms with E-state index in [2.05, 4.69) is 10.4 Å². The minimum atomic E-state index is -0.469. The van der Waals surface area contributed by atoms with Gasteiger partial charge in [0.1, 0.15) is 0 Å². The first-order chi connectivity index (χ1) is 11.2. The summed E-state index contributed by atoms with van der Waals surface area (Å²) >= 11 is 0. The molecule has 0 radical (unpaired) electrons. The number of hydrogen-bond acceptors (Lipinski definition) is 3. The van der Waals surface area contributed by atoms with Crippen LogP contribution in [0.5, 0.6) is 0 Å². The van der Waals surface area contributed by atoms with Crippen molar-refractivity contribution in [2.75, 3.05) is 6.54 Å². The van der Waals surface area contributed by atoms with Crippen molar-refractivity contribution in [1.82, 2.24) is 15.1 Å². The molecular formula is C19H27N3O2. The molecule has 0 fully saturated rings. The monoisotopic (exact) mass is 329 g/mol. The largest absolute Gasteiger partial charge is 0.392 e. The van der Waals surface area contributed by atoms with Gasteiger partial charge in [0.15, 0.2) is 0 Å². The predicted molar refractivity (Wildman–Crippen MR) is 95.3 cm³/mol. The molecule has 1 amide bonds. The van der Waals surface area contributed by atoms with E-state index in [1.54, 1.807) is 23.0 Å². The molecule has 2 rings (SSSR count). The zero-order chi connectivity index (χ0) is 17.9. The minimum Gasteiger partial charge on any atom is -0.392 e. The lowest BCUT2D eigenvalue weighted by atomic mass is 9.80. The normalized spacial score (nSPS) is 13.1. The van der Waals surface area contributed by atoms with E-state index in [0.29, 0.717) is 12.1 Å². The van der Waals surface area contributed by atoms with Crippen LogP contribution in [0.15, 0.2) is 36.7 Å². The first-order valence-electron chi connectivity index (χ1n) is 8.28. The molecule has 1 aromatic heterocycles. The summed E-state index contributed by atoms with van der Waals surface area (Å²) in [6.45, 7) is 10.3. The van der Waals surface area contributed by atoms with Crippen molar-refractivity contribution in [3.05, 3.63) is 47.8 Å². The number of aryl methyl sites for hydroxylation is 1. The van der Waals surface area contributed by atoms with E-state index in [9.17, 15) is 9.90 Å². The fourth-order valence-corrected chi connectivity index (χ4v) is 2.74. The molecule has 5 nitrogen and oxygen atoms in total. The number of benzene rings is 1. The number of nitrogens with one attached hydrogen (secondary N) is 1. The van der Waals surface area contributed by atoms with Gasteiger partial charge in [0.25, 0.3) is 5.91 Å². The van der Waals surface area contributed by atoms with E-state index >= 15 is 0 Å². The molecule has 1 atom stereocenters. The number of hydrogen-bond donors (Lipinski definition) is 2. The van der Waals surface area contributed by atoms with Crippen molar-refractivity contribution in [1.29, 1.82) is 0 Å². The topological polar surface area (TPSA) is 67.2 Å². The Hall–Kier alpha value is -2.14. The summed E-state index contributed by atoms with van der Waals surface area (Å²) < 4.78 is 1.78. The van der Waals surface area contributed by atoms with Crippen LogP contribution in [0, 0.1) is 18.3 Å². The lowest BCUT2D eigenvalue weighted by molar-refractivity contribution is 0.0138. The second-order valence-electron chi connectivity index (χ2n) is 7.37. The van der Waals surface area contributed by atoms with Gasteiger partial charge < -0.3 is 10.4 Å². The van der Waals surface area contributed by atoms with Gasteiger partial charge in [0.2, 0.25) is 0 Å². The highest BCUT2D eigenvalue weighted by Gasteiger charge is 2.30. The molecule has 0 aliphatic carbocycles. The van der Waals surface area contributed by atoms with Gasteiger partial charge in [0, 0.05) is 23.7 Å². The Labute approximate surface area is 143 Å². The molecule has 24 heavy (non-hydrogen) atoms. The van der Waals surface area contributed by atoms with Crippen LogP contribution in [-0.4, -0.2) is 33.4 Å². The second-order valence-corrected chi connectivity index (χ2v) is 7.37. The van der Waals surface area contributed by atoms with Gasteiger partial charge >= 0.3 is 0 Å². The average molecular weight is 329 g/mol. The zero-order valence-electron chi connectivity index (χ0n) is 15.1. The Balaban J connectivity index is 2.00. The molecule has 1 unspecified atom stereocenters. The van der Waals surface area contributed by atoms with Crippen molar-refractivity contribution < 1.29 is 9.90 Å². The van der Waals surface area contributed by atoms with Crippen LogP contribution in [0.1, 0.15) is 43.6 Å². The van der Waals surface area contributed by atoms with Crippen LogP contribution >= 0.6 is 0 Å². The third kappa shape index (κ3) is 4.23. The lowest BCUT2D eigenvalue weighted by Crippen LogP contribution is -2.43. The van der Waals surface area contributed by atoms with Crippen LogP contribution < -0.4 is 5.32 Å². The highest BCUT2D eigenvalue weighted by Crippen LogP contribution is 2.25. The second kappa shape index (κ2) is 7.18. The van der Waals surface area contributed by atoms with Crippen LogP contribution in [0.3, 0.4) is 0 Å².